The fourth-order valence-corrected chi connectivity index (χ4v) is 2.62. The van der Waals surface area contributed by atoms with E-state index in [0.717, 1.165) is 23.9 Å². The zero-order chi connectivity index (χ0) is 10.7. The third-order valence-electron chi connectivity index (χ3n) is 2.45. The Labute approximate surface area is 93.1 Å². The summed E-state index contributed by atoms with van der Waals surface area (Å²) in [7, 11) is 1.62. The molecule has 15 heavy (non-hydrogen) atoms. The highest BCUT2D eigenvalue weighted by atomic mass is 32.1. The average Bonchev–Trinajstić information content (AvgIpc) is 2.84. The van der Waals surface area contributed by atoms with Crippen LogP contribution in [0.3, 0.4) is 0 Å². The number of hydrogen-bond acceptors (Lipinski definition) is 5. The van der Waals surface area contributed by atoms with Crippen LogP contribution >= 0.6 is 11.3 Å². The molecule has 0 spiro atoms. The SMILES string of the molecule is COCc1nc(N2CCCC2)sc1C#N. The number of rotatable bonds is 3. The minimum absolute atomic E-state index is 0.424. The number of thiazole rings is 1. The predicted molar refractivity (Wildman–Crippen MR) is 59.0 cm³/mol. The Bertz CT molecular complexity index is 377. The Hall–Kier alpha value is -1.12. The molecule has 0 aromatic carbocycles. The van der Waals surface area contributed by atoms with Crippen LogP contribution < -0.4 is 4.90 Å². The first kappa shape index (κ1) is 10.4. The molecule has 2 rings (SSSR count). The Balaban J connectivity index is 2.22. The summed E-state index contributed by atoms with van der Waals surface area (Å²) in [5.74, 6) is 0. The van der Waals surface area contributed by atoms with E-state index in [-0.39, 0.29) is 0 Å². The van der Waals surface area contributed by atoms with Crippen molar-refractivity contribution in [1.29, 1.82) is 5.26 Å². The minimum Gasteiger partial charge on any atom is -0.378 e. The number of anilines is 1. The molecule has 0 saturated carbocycles. The summed E-state index contributed by atoms with van der Waals surface area (Å²) < 4.78 is 5.02. The second-order valence-corrected chi connectivity index (χ2v) is 4.49. The van der Waals surface area contributed by atoms with Crippen LogP contribution in [0.2, 0.25) is 0 Å². The second kappa shape index (κ2) is 4.60. The predicted octanol–water partition coefficient (Wildman–Crippen LogP) is 1.76. The van der Waals surface area contributed by atoms with Gasteiger partial charge in [-0.25, -0.2) is 4.98 Å². The fourth-order valence-electron chi connectivity index (χ4n) is 1.70. The molecule has 1 fully saturated rings. The molecule has 0 radical (unpaired) electrons. The molecule has 1 aromatic rings. The normalized spacial score (nSPS) is 15.6. The van der Waals surface area contributed by atoms with Crippen LogP contribution in [-0.2, 0) is 11.3 Å². The number of methoxy groups -OCH3 is 1. The van der Waals surface area contributed by atoms with E-state index in [2.05, 4.69) is 16.0 Å². The highest BCUT2D eigenvalue weighted by molar-refractivity contribution is 7.16. The topological polar surface area (TPSA) is 49.1 Å². The maximum atomic E-state index is 8.95. The Morgan fingerprint density at radius 2 is 2.27 bits per heavy atom. The fraction of sp³-hybridized carbons (Fsp3) is 0.600. The third-order valence-corrected chi connectivity index (χ3v) is 3.51. The molecule has 80 valence electrons. The van der Waals surface area contributed by atoms with Crippen LogP contribution in [0.15, 0.2) is 0 Å². The van der Waals surface area contributed by atoms with Crippen molar-refractivity contribution in [3.05, 3.63) is 10.6 Å². The summed E-state index contributed by atoms with van der Waals surface area (Å²) in [6.45, 7) is 2.54. The van der Waals surface area contributed by atoms with Gasteiger partial charge in [0.15, 0.2) is 5.13 Å². The molecule has 0 aliphatic carbocycles. The number of hydrogen-bond donors (Lipinski definition) is 0. The molecule has 1 aromatic heterocycles. The van der Waals surface area contributed by atoms with Crippen molar-refractivity contribution >= 4 is 16.5 Å². The third kappa shape index (κ3) is 2.11. The van der Waals surface area contributed by atoms with Gasteiger partial charge in [-0.2, -0.15) is 5.26 Å². The van der Waals surface area contributed by atoms with Gasteiger partial charge in [0.1, 0.15) is 10.9 Å². The summed E-state index contributed by atoms with van der Waals surface area (Å²) in [5.41, 5.74) is 0.770. The van der Waals surface area contributed by atoms with E-state index in [1.807, 2.05) is 0 Å². The van der Waals surface area contributed by atoms with Crippen molar-refractivity contribution in [3.63, 3.8) is 0 Å². The first-order valence-electron chi connectivity index (χ1n) is 4.99. The van der Waals surface area contributed by atoms with E-state index in [1.54, 1.807) is 7.11 Å². The second-order valence-electron chi connectivity index (χ2n) is 3.51. The van der Waals surface area contributed by atoms with E-state index in [9.17, 15) is 0 Å². The van der Waals surface area contributed by atoms with Crippen LogP contribution in [-0.4, -0.2) is 25.2 Å². The highest BCUT2D eigenvalue weighted by Gasteiger charge is 2.18. The van der Waals surface area contributed by atoms with Crippen molar-refractivity contribution in [1.82, 2.24) is 4.98 Å². The van der Waals surface area contributed by atoms with Gasteiger partial charge < -0.3 is 9.64 Å². The number of nitrogens with zero attached hydrogens (tertiary/aromatic N) is 3. The van der Waals surface area contributed by atoms with Gasteiger partial charge in [-0.15, -0.1) is 0 Å². The Morgan fingerprint density at radius 3 is 2.87 bits per heavy atom. The summed E-state index contributed by atoms with van der Waals surface area (Å²) in [5, 5.41) is 9.92. The molecular formula is C10H13N3OS. The average molecular weight is 223 g/mol. The van der Waals surface area contributed by atoms with Gasteiger partial charge in [-0.3, -0.25) is 0 Å². The molecule has 0 unspecified atom stereocenters. The molecule has 4 nitrogen and oxygen atoms in total. The van der Waals surface area contributed by atoms with Crippen molar-refractivity contribution in [2.75, 3.05) is 25.1 Å². The van der Waals surface area contributed by atoms with E-state index >= 15 is 0 Å². The van der Waals surface area contributed by atoms with Crippen LogP contribution in [0.4, 0.5) is 5.13 Å². The van der Waals surface area contributed by atoms with Gasteiger partial charge >= 0.3 is 0 Å². The summed E-state index contributed by atoms with van der Waals surface area (Å²) >= 11 is 1.47. The minimum atomic E-state index is 0.424. The Kier molecular flexibility index (Phi) is 3.19. The van der Waals surface area contributed by atoms with Crippen molar-refractivity contribution in [2.24, 2.45) is 0 Å². The largest absolute Gasteiger partial charge is 0.378 e. The number of ether oxygens (including phenoxy) is 1. The molecule has 5 heteroatoms. The van der Waals surface area contributed by atoms with E-state index in [0.29, 0.717) is 11.5 Å². The molecule has 1 aliphatic heterocycles. The van der Waals surface area contributed by atoms with Gasteiger partial charge in [0.05, 0.1) is 12.3 Å². The maximum Gasteiger partial charge on any atom is 0.186 e. The molecule has 2 heterocycles. The summed E-state index contributed by atoms with van der Waals surface area (Å²) in [6, 6.07) is 2.17. The smallest absolute Gasteiger partial charge is 0.186 e. The lowest BCUT2D eigenvalue weighted by molar-refractivity contribution is 0.182. The van der Waals surface area contributed by atoms with Crippen molar-refractivity contribution in [2.45, 2.75) is 19.4 Å². The van der Waals surface area contributed by atoms with E-state index in [4.69, 9.17) is 10.00 Å². The lowest BCUT2D eigenvalue weighted by Gasteiger charge is -2.11. The van der Waals surface area contributed by atoms with Crippen molar-refractivity contribution < 1.29 is 4.74 Å². The number of aromatic nitrogens is 1. The zero-order valence-corrected chi connectivity index (χ0v) is 9.51. The van der Waals surface area contributed by atoms with E-state index < -0.39 is 0 Å². The van der Waals surface area contributed by atoms with Crippen LogP contribution in [0, 0.1) is 11.3 Å². The van der Waals surface area contributed by atoms with Gasteiger partial charge in [-0.1, -0.05) is 11.3 Å². The molecule has 1 aliphatic rings. The number of nitriles is 1. The molecule has 0 N–H and O–H groups in total. The molecule has 0 bridgehead atoms. The van der Waals surface area contributed by atoms with Gasteiger partial charge in [0.2, 0.25) is 0 Å². The monoisotopic (exact) mass is 223 g/mol. The van der Waals surface area contributed by atoms with Gasteiger partial charge in [-0.05, 0) is 12.8 Å². The first-order chi connectivity index (χ1) is 7.35. The standard InChI is InChI=1S/C10H13N3OS/c1-14-7-8-9(6-11)15-10(12-8)13-4-2-3-5-13/h2-5,7H2,1H3. The maximum absolute atomic E-state index is 8.95. The molecule has 0 atom stereocenters. The lowest BCUT2D eigenvalue weighted by Crippen LogP contribution is -2.17. The highest BCUT2D eigenvalue weighted by Crippen LogP contribution is 2.28. The molecular weight excluding hydrogens is 210 g/mol. The van der Waals surface area contributed by atoms with Crippen molar-refractivity contribution in [3.8, 4) is 6.07 Å². The quantitative estimate of drug-likeness (QED) is 0.783. The zero-order valence-electron chi connectivity index (χ0n) is 8.69. The van der Waals surface area contributed by atoms with Crippen LogP contribution in [0.5, 0.6) is 0 Å². The van der Waals surface area contributed by atoms with Crippen LogP contribution in [0.25, 0.3) is 0 Å². The summed E-state index contributed by atoms with van der Waals surface area (Å²) in [6.07, 6.45) is 2.45. The first-order valence-corrected chi connectivity index (χ1v) is 5.80. The van der Waals surface area contributed by atoms with Gasteiger partial charge in [0.25, 0.3) is 0 Å². The molecule has 0 amide bonds. The van der Waals surface area contributed by atoms with Gasteiger partial charge in [0, 0.05) is 20.2 Å². The summed E-state index contributed by atoms with van der Waals surface area (Å²) in [4.78, 5) is 7.37. The Morgan fingerprint density at radius 1 is 1.53 bits per heavy atom. The lowest BCUT2D eigenvalue weighted by atomic mass is 10.4. The molecule has 1 saturated heterocycles. The van der Waals surface area contributed by atoms with Crippen LogP contribution in [0.1, 0.15) is 23.4 Å². The van der Waals surface area contributed by atoms with E-state index in [1.165, 1.54) is 24.2 Å².